The van der Waals surface area contributed by atoms with Gasteiger partial charge in [-0.25, -0.2) is 13.1 Å². The first-order valence-corrected chi connectivity index (χ1v) is 9.29. The Morgan fingerprint density at radius 1 is 1.24 bits per heavy atom. The molecule has 0 radical (unpaired) electrons. The van der Waals surface area contributed by atoms with E-state index in [2.05, 4.69) is 28.2 Å². The van der Waals surface area contributed by atoms with E-state index in [1.165, 1.54) is 7.11 Å². The first-order valence-electron chi connectivity index (χ1n) is 7.63. The van der Waals surface area contributed by atoms with Gasteiger partial charge in [-0.05, 0) is 45.8 Å². The molecule has 0 aromatic rings. The summed E-state index contributed by atoms with van der Waals surface area (Å²) in [5.74, 6) is -0.417. The summed E-state index contributed by atoms with van der Waals surface area (Å²) in [7, 11) is -2.02. The first kappa shape index (κ1) is 20.3. The molecule has 0 bridgehead atoms. The van der Waals surface area contributed by atoms with Crippen LogP contribution in [0.5, 0.6) is 0 Å². The standard InChI is InChI=1S/C14H30N2O4S/c1-5-16(6-2)11-7-9-13(3)15-21(18,19)12-8-10-14(17)20-4/h13,15H,5-12H2,1-4H3. The second kappa shape index (κ2) is 11.0. The van der Waals surface area contributed by atoms with Crippen molar-refractivity contribution in [3.05, 3.63) is 0 Å². The van der Waals surface area contributed by atoms with Gasteiger partial charge in [0.2, 0.25) is 10.0 Å². The third-order valence-corrected chi connectivity index (χ3v) is 5.00. The van der Waals surface area contributed by atoms with Crippen molar-refractivity contribution in [1.82, 2.24) is 9.62 Å². The van der Waals surface area contributed by atoms with Crippen LogP contribution in [0.4, 0.5) is 0 Å². The van der Waals surface area contributed by atoms with E-state index in [1.807, 2.05) is 6.92 Å². The number of sulfonamides is 1. The predicted molar refractivity (Wildman–Crippen MR) is 84.7 cm³/mol. The normalized spacial score (nSPS) is 13.4. The number of hydrogen-bond donors (Lipinski definition) is 1. The average Bonchev–Trinajstić information content (AvgIpc) is 2.42. The van der Waals surface area contributed by atoms with E-state index in [0.29, 0.717) is 0 Å². The fourth-order valence-corrected chi connectivity index (χ4v) is 3.47. The van der Waals surface area contributed by atoms with Crippen LogP contribution in [0, 0.1) is 0 Å². The summed E-state index contributed by atoms with van der Waals surface area (Å²) >= 11 is 0. The van der Waals surface area contributed by atoms with E-state index < -0.39 is 10.0 Å². The quantitative estimate of drug-likeness (QED) is 0.549. The lowest BCUT2D eigenvalue weighted by molar-refractivity contribution is -0.140. The molecule has 0 heterocycles. The Morgan fingerprint density at radius 3 is 2.38 bits per heavy atom. The summed E-state index contributed by atoms with van der Waals surface area (Å²) in [5.41, 5.74) is 0. The van der Waals surface area contributed by atoms with Crippen molar-refractivity contribution in [2.24, 2.45) is 0 Å². The highest BCUT2D eigenvalue weighted by Crippen LogP contribution is 2.03. The topological polar surface area (TPSA) is 75.7 Å². The molecule has 126 valence electrons. The Bertz CT molecular complexity index is 380. The summed E-state index contributed by atoms with van der Waals surface area (Å²) in [5, 5.41) is 0. The monoisotopic (exact) mass is 322 g/mol. The summed E-state index contributed by atoms with van der Waals surface area (Å²) in [4.78, 5) is 13.3. The van der Waals surface area contributed by atoms with Crippen LogP contribution >= 0.6 is 0 Å². The van der Waals surface area contributed by atoms with Gasteiger partial charge in [0.05, 0.1) is 12.9 Å². The smallest absolute Gasteiger partial charge is 0.305 e. The van der Waals surface area contributed by atoms with E-state index in [9.17, 15) is 13.2 Å². The maximum atomic E-state index is 11.8. The SMILES string of the molecule is CCN(CC)CCCC(C)NS(=O)(=O)CCCC(=O)OC. The van der Waals surface area contributed by atoms with Gasteiger partial charge < -0.3 is 9.64 Å². The molecule has 6 nitrogen and oxygen atoms in total. The number of nitrogens with zero attached hydrogens (tertiary/aromatic N) is 1. The Hall–Kier alpha value is -0.660. The van der Waals surface area contributed by atoms with Crippen molar-refractivity contribution in [2.75, 3.05) is 32.5 Å². The van der Waals surface area contributed by atoms with Crippen LogP contribution < -0.4 is 4.72 Å². The Balaban J connectivity index is 3.95. The van der Waals surface area contributed by atoms with Gasteiger partial charge in [0.15, 0.2) is 0 Å². The van der Waals surface area contributed by atoms with E-state index in [0.717, 1.165) is 32.5 Å². The molecule has 1 atom stereocenters. The van der Waals surface area contributed by atoms with Gasteiger partial charge in [-0.15, -0.1) is 0 Å². The molecular weight excluding hydrogens is 292 g/mol. The Labute approximate surface area is 129 Å². The third kappa shape index (κ3) is 10.7. The zero-order chi connectivity index (χ0) is 16.3. The molecule has 7 heteroatoms. The number of methoxy groups -OCH3 is 1. The molecular formula is C14H30N2O4S. The van der Waals surface area contributed by atoms with Gasteiger partial charge in [0.25, 0.3) is 0 Å². The second-order valence-electron chi connectivity index (χ2n) is 5.19. The Kier molecular flexibility index (Phi) is 10.6. The molecule has 0 saturated carbocycles. The van der Waals surface area contributed by atoms with Crippen molar-refractivity contribution < 1.29 is 17.9 Å². The number of carbonyl (C=O) groups is 1. The molecule has 1 unspecified atom stereocenters. The molecule has 0 saturated heterocycles. The molecule has 0 aliphatic heterocycles. The first-order chi connectivity index (χ1) is 9.84. The van der Waals surface area contributed by atoms with Crippen molar-refractivity contribution in [3.63, 3.8) is 0 Å². The highest BCUT2D eigenvalue weighted by Gasteiger charge is 2.15. The van der Waals surface area contributed by atoms with Gasteiger partial charge >= 0.3 is 5.97 Å². The molecule has 1 N–H and O–H groups in total. The van der Waals surface area contributed by atoms with Crippen LogP contribution in [0.25, 0.3) is 0 Å². The van der Waals surface area contributed by atoms with Gasteiger partial charge in [-0.1, -0.05) is 13.8 Å². The summed E-state index contributed by atoms with van der Waals surface area (Å²) in [6.07, 6.45) is 2.20. The van der Waals surface area contributed by atoms with E-state index >= 15 is 0 Å². The molecule has 0 spiro atoms. The van der Waals surface area contributed by atoms with Crippen LogP contribution in [0.2, 0.25) is 0 Å². The number of nitrogens with one attached hydrogen (secondary N) is 1. The van der Waals surface area contributed by atoms with Crippen LogP contribution in [-0.2, 0) is 19.6 Å². The van der Waals surface area contributed by atoms with Crippen LogP contribution in [0.3, 0.4) is 0 Å². The van der Waals surface area contributed by atoms with Crippen LogP contribution in [-0.4, -0.2) is 57.8 Å². The third-order valence-electron chi connectivity index (χ3n) is 3.41. The average molecular weight is 322 g/mol. The zero-order valence-corrected chi connectivity index (χ0v) is 14.5. The fraction of sp³-hybridized carbons (Fsp3) is 0.929. The minimum atomic E-state index is -3.32. The number of carbonyl (C=O) groups excluding carboxylic acids is 1. The lowest BCUT2D eigenvalue weighted by Crippen LogP contribution is -2.35. The lowest BCUT2D eigenvalue weighted by Gasteiger charge is -2.19. The summed E-state index contributed by atoms with van der Waals surface area (Å²) < 4.78 is 30.8. The molecule has 0 aliphatic rings. The van der Waals surface area contributed by atoms with Gasteiger partial charge in [0, 0.05) is 12.5 Å². The highest BCUT2D eigenvalue weighted by molar-refractivity contribution is 7.89. The van der Waals surface area contributed by atoms with Crippen LogP contribution in [0.15, 0.2) is 0 Å². The molecule has 0 aromatic heterocycles. The molecule has 0 rings (SSSR count). The van der Waals surface area contributed by atoms with Gasteiger partial charge in [-0.3, -0.25) is 4.79 Å². The summed E-state index contributed by atoms with van der Waals surface area (Å²) in [6, 6.07) is -0.0799. The maximum absolute atomic E-state index is 11.8. The van der Waals surface area contributed by atoms with Gasteiger partial charge in [0.1, 0.15) is 0 Å². The van der Waals surface area contributed by atoms with Crippen molar-refractivity contribution in [3.8, 4) is 0 Å². The minimum absolute atomic E-state index is 0.0392. The van der Waals surface area contributed by atoms with Crippen molar-refractivity contribution in [1.29, 1.82) is 0 Å². The van der Waals surface area contributed by atoms with E-state index in [1.54, 1.807) is 0 Å². The Morgan fingerprint density at radius 2 is 1.86 bits per heavy atom. The largest absolute Gasteiger partial charge is 0.469 e. The van der Waals surface area contributed by atoms with E-state index in [-0.39, 0.29) is 30.6 Å². The van der Waals surface area contributed by atoms with Crippen molar-refractivity contribution in [2.45, 2.75) is 52.5 Å². The maximum Gasteiger partial charge on any atom is 0.305 e. The second-order valence-corrected chi connectivity index (χ2v) is 7.06. The highest BCUT2D eigenvalue weighted by atomic mass is 32.2. The molecule has 21 heavy (non-hydrogen) atoms. The lowest BCUT2D eigenvalue weighted by atomic mass is 10.2. The molecule has 0 fully saturated rings. The fourth-order valence-electron chi connectivity index (χ4n) is 2.09. The number of rotatable bonds is 12. The molecule has 0 aliphatic carbocycles. The number of esters is 1. The number of hydrogen-bond acceptors (Lipinski definition) is 5. The predicted octanol–water partition coefficient (Wildman–Crippen LogP) is 1.37. The van der Waals surface area contributed by atoms with E-state index in [4.69, 9.17) is 0 Å². The number of ether oxygens (including phenoxy) is 1. The molecule has 0 amide bonds. The summed E-state index contributed by atoms with van der Waals surface area (Å²) in [6.45, 7) is 9.14. The van der Waals surface area contributed by atoms with Gasteiger partial charge in [-0.2, -0.15) is 0 Å². The zero-order valence-electron chi connectivity index (χ0n) is 13.7. The minimum Gasteiger partial charge on any atom is -0.469 e. The van der Waals surface area contributed by atoms with Crippen LogP contribution in [0.1, 0.15) is 46.5 Å². The molecule has 0 aromatic carbocycles. The van der Waals surface area contributed by atoms with Crippen molar-refractivity contribution >= 4 is 16.0 Å².